The second-order valence-electron chi connectivity index (χ2n) is 5.17. The fourth-order valence-corrected chi connectivity index (χ4v) is 2.58. The van der Waals surface area contributed by atoms with Gasteiger partial charge in [-0.25, -0.2) is 0 Å². The van der Waals surface area contributed by atoms with Crippen LogP contribution in [0.25, 0.3) is 11.3 Å². The van der Waals surface area contributed by atoms with Gasteiger partial charge in [0, 0.05) is 11.6 Å². The Labute approximate surface area is 149 Å². The number of benzene rings is 2. The fraction of sp³-hybridized carbons (Fsp3) is 0.111. The van der Waals surface area contributed by atoms with Crippen molar-refractivity contribution in [3.63, 3.8) is 0 Å². The van der Waals surface area contributed by atoms with Gasteiger partial charge in [0.05, 0.1) is 30.6 Å². The molecule has 1 aromatic heterocycles. The number of halogens is 1. The zero-order valence-corrected chi connectivity index (χ0v) is 14.4. The number of aromatic amines is 1. The highest BCUT2D eigenvalue weighted by molar-refractivity contribution is 6.32. The SMILES string of the molecule is COc1cc(OC)c(NC(=O)c2cc(-c3ccccc3)n[nH]2)cc1Cl. The number of amides is 1. The van der Waals surface area contributed by atoms with Crippen LogP contribution in [0.15, 0.2) is 48.5 Å². The standard InChI is InChI=1S/C18H16ClN3O3/c1-24-16-10-17(25-2)14(8-12(16)19)20-18(23)15-9-13(21-22-15)11-6-4-3-5-7-11/h3-10H,1-2H3,(H,20,23)(H,21,22). The molecule has 1 heterocycles. The minimum Gasteiger partial charge on any atom is -0.495 e. The lowest BCUT2D eigenvalue weighted by Crippen LogP contribution is -2.13. The number of methoxy groups -OCH3 is 2. The summed E-state index contributed by atoms with van der Waals surface area (Å²) in [5, 5.41) is 10.0. The van der Waals surface area contributed by atoms with Gasteiger partial charge in [0.2, 0.25) is 0 Å². The van der Waals surface area contributed by atoms with Crippen molar-refractivity contribution in [3.05, 3.63) is 59.2 Å². The number of carbonyl (C=O) groups excluding carboxylic acids is 1. The molecule has 0 bridgehead atoms. The number of ether oxygens (including phenoxy) is 2. The predicted molar refractivity (Wildman–Crippen MR) is 96.5 cm³/mol. The Hall–Kier alpha value is -2.99. The zero-order valence-electron chi connectivity index (χ0n) is 13.7. The van der Waals surface area contributed by atoms with E-state index in [9.17, 15) is 4.79 Å². The van der Waals surface area contributed by atoms with Gasteiger partial charge < -0.3 is 14.8 Å². The number of H-pyrrole nitrogens is 1. The Bertz CT molecular complexity index is 894. The first-order valence-electron chi connectivity index (χ1n) is 7.46. The first-order chi connectivity index (χ1) is 12.1. The molecule has 128 valence electrons. The average Bonchev–Trinajstić information content (AvgIpc) is 3.13. The highest BCUT2D eigenvalue weighted by Gasteiger charge is 2.16. The summed E-state index contributed by atoms with van der Waals surface area (Å²) >= 11 is 6.12. The largest absolute Gasteiger partial charge is 0.495 e. The lowest BCUT2D eigenvalue weighted by Gasteiger charge is -2.12. The maximum absolute atomic E-state index is 12.5. The van der Waals surface area contributed by atoms with E-state index in [1.165, 1.54) is 14.2 Å². The van der Waals surface area contributed by atoms with Crippen molar-refractivity contribution in [1.82, 2.24) is 10.2 Å². The van der Waals surface area contributed by atoms with E-state index in [0.717, 1.165) is 5.56 Å². The van der Waals surface area contributed by atoms with Crippen molar-refractivity contribution >= 4 is 23.2 Å². The molecular weight excluding hydrogens is 342 g/mol. The van der Waals surface area contributed by atoms with Crippen LogP contribution in [0, 0.1) is 0 Å². The summed E-state index contributed by atoms with van der Waals surface area (Å²) < 4.78 is 10.4. The minimum absolute atomic E-state index is 0.327. The maximum Gasteiger partial charge on any atom is 0.273 e. The van der Waals surface area contributed by atoms with E-state index in [-0.39, 0.29) is 5.91 Å². The summed E-state index contributed by atoms with van der Waals surface area (Å²) in [6.45, 7) is 0. The number of nitrogens with one attached hydrogen (secondary N) is 2. The minimum atomic E-state index is -0.353. The van der Waals surface area contributed by atoms with Gasteiger partial charge in [0.25, 0.3) is 5.91 Å². The summed E-state index contributed by atoms with van der Waals surface area (Å²) in [4.78, 5) is 12.5. The normalized spacial score (nSPS) is 10.4. The van der Waals surface area contributed by atoms with E-state index in [1.54, 1.807) is 18.2 Å². The monoisotopic (exact) mass is 357 g/mol. The van der Waals surface area contributed by atoms with Crippen molar-refractivity contribution in [2.45, 2.75) is 0 Å². The van der Waals surface area contributed by atoms with Gasteiger partial charge in [-0.3, -0.25) is 9.89 Å². The van der Waals surface area contributed by atoms with Gasteiger partial charge in [-0.15, -0.1) is 0 Å². The molecule has 0 fully saturated rings. The van der Waals surface area contributed by atoms with Crippen molar-refractivity contribution in [2.75, 3.05) is 19.5 Å². The van der Waals surface area contributed by atoms with Crippen LogP contribution in [0.3, 0.4) is 0 Å². The molecule has 0 unspecified atom stereocenters. The second kappa shape index (κ2) is 7.27. The van der Waals surface area contributed by atoms with Gasteiger partial charge in [0.1, 0.15) is 17.2 Å². The number of hydrogen-bond donors (Lipinski definition) is 2. The Balaban J connectivity index is 1.84. The molecule has 2 aromatic carbocycles. The van der Waals surface area contributed by atoms with E-state index in [2.05, 4.69) is 15.5 Å². The molecule has 6 nitrogen and oxygen atoms in total. The molecule has 7 heteroatoms. The third-order valence-electron chi connectivity index (χ3n) is 3.61. The van der Waals surface area contributed by atoms with Gasteiger partial charge in [-0.1, -0.05) is 41.9 Å². The highest BCUT2D eigenvalue weighted by atomic mass is 35.5. The number of rotatable bonds is 5. The molecule has 0 spiro atoms. The van der Waals surface area contributed by atoms with Crippen LogP contribution < -0.4 is 14.8 Å². The molecule has 3 aromatic rings. The van der Waals surface area contributed by atoms with Gasteiger partial charge in [-0.05, 0) is 12.1 Å². The average molecular weight is 358 g/mol. The smallest absolute Gasteiger partial charge is 0.273 e. The first-order valence-corrected chi connectivity index (χ1v) is 7.84. The molecule has 0 aliphatic heterocycles. The summed E-state index contributed by atoms with van der Waals surface area (Å²) in [5.74, 6) is 0.552. The van der Waals surface area contributed by atoms with E-state index in [4.69, 9.17) is 21.1 Å². The summed E-state index contributed by atoms with van der Waals surface area (Å²) in [7, 11) is 3.01. The third-order valence-corrected chi connectivity index (χ3v) is 3.91. The lowest BCUT2D eigenvalue weighted by atomic mass is 10.1. The summed E-state index contributed by atoms with van der Waals surface area (Å²) in [6, 6.07) is 14.5. The maximum atomic E-state index is 12.5. The summed E-state index contributed by atoms with van der Waals surface area (Å²) in [5.41, 5.74) is 2.37. The van der Waals surface area contributed by atoms with E-state index in [0.29, 0.717) is 33.6 Å². The van der Waals surface area contributed by atoms with Crippen LogP contribution in [0.5, 0.6) is 11.5 Å². The molecule has 0 aliphatic rings. The molecule has 0 radical (unpaired) electrons. The quantitative estimate of drug-likeness (QED) is 0.723. The lowest BCUT2D eigenvalue weighted by molar-refractivity contribution is 0.102. The molecule has 1 amide bonds. The van der Waals surface area contributed by atoms with Crippen molar-refractivity contribution in [2.24, 2.45) is 0 Å². The number of aromatic nitrogens is 2. The van der Waals surface area contributed by atoms with Gasteiger partial charge >= 0.3 is 0 Å². The molecule has 3 rings (SSSR count). The molecular formula is C18H16ClN3O3. The van der Waals surface area contributed by atoms with Crippen molar-refractivity contribution < 1.29 is 14.3 Å². The van der Waals surface area contributed by atoms with Crippen molar-refractivity contribution in [1.29, 1.82) is 0 Å². The van der Waals surface area contributed by atoms with Crippen LogP contribution in [-0.4, -0.2) is 30.3 Å². The van der Waals surface area contributed by atoms with Crippen LogP contribution >= 0.6 is 11.6 Å². The molecule has 0 saturated heterocycles. The Kier molecular flexibility index (Phi) is 4.90. The number of carbonyl (C=O) groups is 1. The number of nitrogens with zero attached hydrogens (tertiary/aromatic N) is 1. The van der Waals surface area contributed by atoms with E-state index in [1.807, 2.05) is 30.3 Å². The number of anilines is 1. The van der Waals surface area contributed by atoms with Gasteiger partial charge in [0.15, 0.2) is 0 Å². The Morgan fingerprint density at radius 3 is 2.48 bits per heavy atom. The van der Waals surface area contributed by atoms with Crippen molar-refractivity contribution in [3.8, 4) is 22.8 Å². The second-order valence-corrected chi connectivity index (χ2v) is 5.58. The topological polar surface area (TPSA) is 76.2 Å². The van der Waals surface area contributed by atoms with Crippen LogP contribution in [0.2, 0.25) is 5.02 Å². The van der Waals surface area contributed by atoms with Crippen LogP contribution in [-0.2, 0) is 0 Å². The van der Waals surface area contributed by atoms with Gasteiger partial charge in [-0.2, -0.15) is 5.10 Å². The molecule has 0 aliphatic carbocycles. The number of hydrogen-bond acceptors (Lipinski definition) is 4. The van der Waals surface area contributed by atoms with Crippen LogP contribution in [0.1, 0.15) is 10.5 Å². The van der Waals surface area contributed by atoms with Crippen LogP contribution in [0.4, 0.5) is 5.69 Å². The van der Waals surface area contributed by atoms with E-state index >= 15 is 0 Å². The Morgan fingerprint density at radius 1 is 1.08 bits per heavy atom. The fourth-order valence-electron chi connectivity index (χ4n) is 2.34. The third kappa shape index (κ3) is 3.59. The zero-order chi connectivity index (χ0) is 17.8. The summed E-state index contributed by atoms with van der Waals surface area (Å²) in [6.07, 6.45) is 0. The molecule has 2 N–H and O–H groups in total. The predicted octanol–water partition coefficient (Wildman–Crippen LogP) is 4.00. The molecule has 0 atom stereocenters. The Morgan fingerprint density at radius 2 is 1.80 bits per heavy atom. The first kappa shape index (κ1) is 16.9. The molecule has 0 saturated carbocycles. The van der Waals surface area contributed by atoms with E-state index < -0.39 is 0 Å². The highest BCUT2D eigenvalue weighted by Crippen LogP contribution is 2.36. The molecule has 25 heavy (non-hydrogen) atoms.